The average molecular weight is 437 g/mol. The van der Waals surface area contributed by atoms with Gasteiger partial charge in [0.1, 0.15) is 29.0 Å². The Morgan fingerprint density at radius 2 is 1.94 bits per heavy atom. The molecular weight excluding hydrogens is 408 g/mol. The van der Waals surface area contributed by atoms with Crippen molar-refractivity contribution in [2.24, 2.45) is 5.92 Å². The Labute approximate surface area is 188 Å². The minimum atomic E-state index is -0.901. The van der Waals surface area contributed by atoms with Crippen LogP contribution in [0.1, 0.15) is 54.1 Å². The molecule has 32 heavy (non-hydrogen) atoms. The molecule has 0 radical (unpaired) electrons. The Morgan fingerprint density at radius 1 is 1.25 bits per heavy atom. The smallest absolute Gasteiger partial charge is 0.349 e. The maximum atomic E-state index is 12.4. The molecule has 168 valence electrons. The van der Waals surface area contributed by atoms with Gasteiger partial charge in [-0.25, -0.2) is 4.79 Å². The molecule has 8 heteroatoms. The molecule has 0 unspecified atom stereocenters. The van der Waals surface area contributed by atoms with Gasteiger partial charge in [-0.15, -0.1) is 0 Å². The van der Waals surface area contributed by atoms with Crippen LogP contribution in [0.15, 0.2) is 16.1 Å². The highest BCUT2D eigenvalue weighted by Gasteiger charge is 2.19. The number of hydrogen-bond acceptors (Lipinski definition) is 6. The molecule has 2 aromatic heterocycles. The predicted molar refractivity (Wildman–Crippen MR) is 119 cm³/mol. The van der Waals surface area contributed by atoms with E-state index in [0.29, 0.717) is 17.2 Å². The van der Waals surface area contributed by atoms with Gasteiger partial charge >= 0.3 is 5.97 Å². The highest BCUT2D eigenvalue weighted by molar-refractivity contribution is 6.00. The molecular formula is C24H28N4O4. The van der Waals surface area contributed by atoms with Crippen LogP contribution >= 0.6 is 0 Å². The number of nitriles is 2. The van der Waals surface area contributed by atoms with Gasteiger partial charge in [0, 0.05) is 23.5 Å². The molecule has 0 aliphatic heterocycles. The first-order valence-corrected chi connectivity index (χ1v) is 10.3. The van der Waals surface area contributed by atoms with Crippen molar-refractivity contribution < 1.29 is 18.7 Å². The number of carbonyl (C=O) groups excluding carboxylic acids is 2. The first-order valence-electron chi connectivity index (χ1n) is 10.3. The number of furan rings is 1. The molecule has 0 saturated heterocycles. The Hall–Kier alpha value is -3.78. The SMILES string of the molecule is Cc1oc(NC(=O)COC(=O)/C(C#N)=C/c2cc(C)n(CCC(C)C)c2C)c(C#N)c1C. The van der Waals surface area contributed by atoms with Crippen LogP contribution in [0.4, 0.5) is 5.88 Å². The number of hydrogen-bond donors (Lipinski definition) is 1. The number of aryl methyl sites for hydroxylation is 2. The monoisotopic (exact) mass is 436 g/mol. The fourth-order valence-corrected chi connectivity index (χ4v) is 3.22. The highest BCUT2D eigenvalue weighted by atomic mass is 16.5. The number of esters is 1. The Bertz CT molecular complexity index is 1140. The van der Waals surface area contributed by atoms with Crippen LogP contribution in [0.3, 0.4) is 0 Å². The van der Waals surface area contributed by atoms with Crippen LogP contribution in [-0.2, 0) is 20.9 Å². The van der Waals surface area contributed by atoms with Crippen molar-refractivity contribution >= 4 is 23.8 Å². The second-order valence-electron chi connectivity index (χ2n) is 8.05. The molecule has 0 spiro atoms. The van der Waals surface area contributed by atoms with Crippen LogP contribution in [0.2, 0.25) is 0 Å². The number of nitrogens with zero attached hydrogens (tertiary/aromatic N) is 3. The predicted octanol–water partition coefficient (Wildman–Crippen LogP) is 4.32. The summed E-state index contributed by atoms with van der Waals surface area (Å²) in [7, 11) is 0. The summed E-state index contributed by atoms with van der Waals surface area (Å²) in [6.07, 6.45) is 2.49. The topological polar surface area (TPSA) is 121 Å². The summed E-state index contributed by atoms with van der Waals surface area (Å²) in [6, 6.07) is 5.72. The summed E-state index contributed by atoms with van der Waals surface area (Å²) in [4.78, 5) is 24.5. The van der Waals surface area contributed by atoms with E-state index in [0.717, 1.165) is 29.9 Å². The fourth-order valence-electron chi connectivity index (χ4n) is 3.22. The highest BCUT2D eigenvalue weighted by Crippen LogP contribution is 2.25. The summed E-state index contributed by atoms with van der Waals surface area (Å²) in [5.74, 6) is -0.498. The molecule has 2 rings (SSSR count). The van der Waals surface area contributed by atoms with Gasteiger partial charge in [0.25, 0.3) is 5.91 Å². The molecule has 0 fully saturated rings. The Morgan fingerprint density at radius 3 is 2.53 bits per heavy atom. The number of amides is 1. The van der Waals surface area contributed by atoms with E-state index in [1.54, 1.807) is 13.8 Å². The molecule has 0 aliphatic rings. The normalized spacial score (nSPS) is 11.2. The minimum absolute atomic E-state index is 0.00781. The van der Waals surface area contributed by atoms with E-state index < -0.39 is 18.5 Å². The van der Waals surface area contributed by atoms with E-state index in [1.807, 2.05) is 32.1 Å². The summed E-state index contributed by atoms with van der Waals surface area (Å²) >= 11 is 0. The largest absolute Gasteiger partial charge is 0.451 e. The zero-order valence-corrected chi connectivity index (χ0v) is 19.3. The van der Waals surface area contributed by atoms with Gasteiger partial charge < -0.3 is 13.7 Å². The van der Waals surface area contributed by atoms with Crippen molar-refractivity contribution in [3.05, 3.63) is 45.5 Å². The van der Waals surface area contributed by atoms with E-state index in [1.165, 1.54) is 6.08 Å². The molecule has 0 saturated carbocycles. The van der Waals surface area contributed by atoms with Crippen molar-refractivity contribution in [1.82, 2.24) is 4.57 Å². The van der Waals surface area contributed by atoms with E-state index in [9.17, 15) is 20.1 Å². The lowest BCUT2D eigenvalue weighted by molar-refractivity contribution is -0.142. The summed E-state index contributed by atoms with van der Waals surface area (Å²) in [5, 5.41) is 21.0. The molecule has 2 heterocycles. The molecule has 0 aromatic carbocycles. The lowest BCUT2D eigenvalue weighted by atomic mass is 10.1. The molecule has 8 nitrogen and oxygen atoms in total. The van der Waals surface area contributed by atoms with Crippen LogP contribution in [0.5, 0.6) is 0 Å². The minimum Gasteiger partial charge on any atom is -0.451 e. The molecule has 0 bridgehead atoms. The van der Waals surface area contributed by atoms with Crippen LogP contribution in [-0.4, -0.2) is 23.1 Å². The van der Waals surface area contributed by atoms with Crippen molar-refractivity contribution in [2.45, 2.75) is 54.5 Å². The molecule has 0 aliphatic carbocycles. The number of nitrogens with one attached hydrogen (secondary N) is 1. The van der Waals surface area contributed by atoms with Crippen LogP contribution in [0.25, 0.3) is 6.08 Å². The number of ether oxygens (including phenoxy) is 1. The van der Waals surface area contributed by atoms with Gasteiger partial charge in [0.2, 0.25) is 5.88 Å². The fraction of sp³-hybridized carbons (Fsp3) is 0.417. The number of carbonyl (C=O) groups is 2. The third-order valence-electron chi connectivity index (χ3n) is 5.27. The summed E-state index contributed by atoms with van der Waals surface area (Å²) < 4.78 is 12.5. The van der Waals surface area contributed by atoms with Crippen LogP contribution in [0, 0.1) is 56.3 Å². The zero-order chi connectivity index (χ0) is 24.0. The van der Waals surface area contributed by atoms with Crippen molar-refractivity contribution in [1.29, 1.82) is 10.5 Å². The molecule has 1 N–H and O–H groups in total. The van der Waals surface area contributed by atoms with Gasteiger partial charge in [-0.1, -0.05) is 13.8 Å². The maximum absolute atomic E-state index is 12.4. The van der Waals surface area contributed by atoms with Gasteiger partial charge in [-0.3, -0.25) is 10.1 Å². The van der Waals surface area contributed by atoms with Crippen molar-refractivity contribution in [3.63, 3.8) is 0 Å². The van der Waals surface area contributed by atoms with Crippen molar-refractivity contribution in [2.75, 3.05) is 11.9 Å². The molecule has 2 aromatic rings. The lowest BCUT2D eigenvalue weighted by Gasteiger charge is -2.11. The van der Waals surface area contributed by atoms with Gasteiger partial charge in [0.05, 0.1) is 0 Å². The molecule has 1 amide bonds. The maximum Gasteiger partial charge on any atom is 0.349 e. The van der Waals surface area contributed by atoms with E-state index in [4.69, 9.17) is 9.15 Å². The first kappa shape index (κ1) is 24.5. The summed E-state index contributed by atoms with van der Waals surface area (Å²) in [6.45, 7) is 11.8. The lowest BCUT2D eigenvalue weighted by Crippen LogP contribution is -2.21. The number of anilines is 1. The number of rotatable bonds is 8. The van der Waals surface area contributed by atoms with Gasteiger partial charge in [-0.05, 0) is 57.7 Å². The quantitative estimate of drug-likeness (QED) is 0.374. The van der Waals surface area contributed by atoms with Gasteiger partial charge in [-0.2, -0.15) is 10.5 Å². The number of aromatic nitrogens is 1. The van der Waals surface area contributed by atoms with Gasteiger partial charge in [0.15, 0.2) is 6.61 Å². The van der Waals surface area contributed by atoms with E-state index in [2.05, 4.69) is 23.7 Å². The second kappa shape index (κ2) is 10.5. The van der Waals surface area contributed by atoms with Crippen LogP contribution < -0.4 is 5.32 Å². The zero-order valence-electron chi connectivity index (χ0n) is 19.3. The van der Waals surface area contributed by atoms with E-state index >= 15 is 0 Å². The standard InChI is InChI=1S/C24H28N4O4/c1-14(2)7-8-28-15(3)9-19(17(28)5)10-20(11-25)24(30)31-13-22(29)27-23-21(12-26)16(4)18(6)32-23/h9-10,14H,7-8,13H2,1-6H3,(H,27,29)/b20-10+. The Balaban J connectivity index is 2.07. The first-order chi connectivity index (χ1) is 15.1. The average Bonchev–Trinajstić information content (AvgIpc) is 3.16. The second-order valence-corrected chi connectivity index (χ2v) is 8.05. The summed E-state index contributed by atoms with van der Waals surface area (Å²) in [5.41, 5.74) is 3.38. The third kappa shape index (κ3) is 5.67. The molecule has 0 atom stereocenters. The Kier molecular flexibility index (Phi) is 8.03. The van der Waals surface area contributed by atoms with Crippen molar-refractivity contribution in [3.8, 4) is 12.1 Å². The third-order valence-corrected chi connectivity index (χ3v) is 5.27. The van der Waals surface area contributed by atoms with E-state index in [-0.39, 0.29) is 17.0 Å².